The molecule has 0 spiro atoms. The van der Waals surface area contributed by atoms with E-state index in [4.69, 9.17) is 9.47 Å². The third kappa shape index (κ3) is 5.29. The molecule has 2 saturated heterocycles. The molecule has 3 rings (SSSR count). The zero-order chi connectivity index (χ0) is 22.4. The van der Waals surface area contributed by atoms with Crippen molar-refractivity contribution in [3.05, 3.63) is 17.7 Å². The Morgan fingerprint density at radius 2 is 1.61 bits per heavy atom. The van der Waals surface area contributed by atoms with Crippen molar-refractivity contribution in [3.63, 3.8) is 0 Å². The largest absolute Gasteiger partial charge is 0.493 e. The molecule has 0 saturated carbocycles. The Kier molecular flexibility index (Phi) is 7.76. The average Bonchev–Trinajstić information content (AvgIpc) is 2.83. The molecule has 2 aliphatic rings. The van der Waals surface area contributed by atoms with Crippen molar-refractivity contribution in [2.45, 2.75) is 45.4 Å². The molecule has 3 amide bonds. The molecule has 31 heavy (non-hydrogen) atoms. The van der Waals surface area contributed by atoms with Crippen LogP contribution in [0.4, 0.5) is 5.69 Å². The Morgan fingerprint density at radius 3 is 2.26 bits per heavy atom. The molecule has 0 radical (unpaired) electrons. The maximum atomic E-state index is 13.3. The molecule has 1 aromatic rings. The Bertz CT molecular complexity index is 820. The van der Waals surface area contributed by atoms with Crippen LogP contribution < -0.4 is 14.8 Å². The summed E-state index contributed by atoms with van der Waals surface area (Å²) in [5.74, 6) is 0.327. The first kappa shape index (κ1) is 22.9. The number of nitrogens with zero attached hydrogens (tertiary/aromatic N) is 2. The van der Waals surface area contributed by atoms with Gasteiger partial charge in [0.2, 0.25) is 11.8 Å². The molecule has 2 aliphatic heterocycles. The van der Waals surface area contributed by atoms with Crippen LogP contribution in [0.25, 0.3) is 0 Å². The van der Waals surface area contributed by atoms with Gasteiger partial charge in [0.1, 0.15) is 0 Å². The van der Waals surface area contributed by atoms with Crippen molar-refractivity contribution >= 4 is 23.4 Å². The molecule has 0 aromatic heterocycles. The molecule has 2 heterocycles. The van der Waals surface area contributed by atoms with Crippen LogP contribution >= 0.6 is 0 Å². The van der Waals surface area contributed by atoms with E-state index in [9.17, 15) is 14.4 Å². The van der Waals surface area contributed by atoms with Gasteiger partial charge in [0.15, 0.2) is 11.5 Å². The topological polar surface area (TPSA) is 88.2 Å². The van der Waals surface area contributed by atoms with Gasteiger partial charge >= 0.3 is 0 Å². The highest BCUT2D eigenvalue weighted by Gasteiger charge is 2.30. The minimum atomic E-state index is -0.310. The number of ether oxygens (including phenoxy) is 2. The number of nitrogens with one attached hydrogen (secondary N) is 1. The average molecular weight is 432 g/mol. The van der Waals surface area contributed by atoms with Crippen molar-refractivity contribution in [1.29, 1.82) is 0 Å². The number of hydrogen-bond donors (Lipinski definition) is 1. The van der Waals surface area contributed by atoms with E-state index in [0.717, 1.165) is 25.7 Å². The summed E-state index contributed by atoms with van der Waals surface area (Å²) in [5.41, 5.74) is 0.808. The number of carbonyl (C=O) groups excluding carboxylic acids is 3. The van der Waals surface area contributed by atoms with Gasteiger partial charge in [-0.2, -0.15) is 0 Å². The smallest absolute Gasteiger partial charge is 0.256 e. The highest BCUT2D eigenvalue weighted by molar-refractivity contribution is 6.05. The van der Waals surface area contributed by atoms with E-state index < -0.39 is 0 Å². The van der Waals surface area contributed by atoms with E-state index >= 15 is 0 Å². The quantitative estimate of drug-likeness (QED) is 0.748. The first-order chi connectivity index (χ1) is 15.0. The van der Waals surface area contributed by atoms with Gasteiger partial charge in [-0.3, -0.25) is 14.4 Å². The zero-order valence-corrected chi connectivity index (χ0v) is 18.7. The summed E-state index contributed by atoms with van der Waals surface area (Å²) in [7, 11) is 3.04. The summed E-state index contributed by atoms with van der Waals surface area (Å²) in [6, 6.07) is 3.28. The SMILES string of the molecule is CCC(=O)N1CCCC(C(=O)Nc2cc(OC)c(OC)cc2C(=O)N2CCCCC2)C1. The number of hydrogen-bond acceptors (Lipinski definition) is 5. The summed E-state index contributed by atoms with van der Waals surface area (Å²) < 4.78 is 10.8. The molecule has 170 valence electrons. The summed E-state index contributed by atoms with van der Waals surface area (Å²) in [5, 5.41) is 2.94. The highest BCUT2D eigenvalue weighted by atomic mass is 16.5. The van der Waals surface area contributed by atoms with Gasteiger partial charge in [-0.1, -0.05) is 6.92 Å². The summed E-state index contributed by atoms with van der Waals surface area (Å²) >= 11 is 0. The first-order valence-corrected chi connectivity index (χ1v) is 11.1. The van der Waals surface area contributed by atoms with Crippen molar-refractivity contribution < 1.29 is 23.9 Å². The Balaban J connectivity index is 1.85. The number of methoxy groups -OCH3 is 2. The maximum Gasteiger partial charge on any atom is 0.256 e. The van der Waals surface area contributed by atoms with Gasteiger partial charge in [-0.05, 0) is 38.2 Å². The van der Waals surface area contributed by atoms with Gasteiger partial charge in [0, 0.05) is 38.7 Å². The van der Waals surface area contributed by atoms with Crippen LogP contribution in [0.3, 0.4) is 0 Å². The molecule has 2 fully saturated rings. The third-order valence-corrected chi connectivity index (χ3v) is 6.10. The van der Waals surface area contributed by atoms with Crippen molar-refractivity contribution in [2.24, 2.45) is 5.92 Å². The predicted octanol–water partition coefficient (Wildman–Crippen LogP) is 2.92. The van der Waals surface area contributed by atoms with E-state index in [1.165, 1.54) is 14.2 Å². The van der Waals surface area contributed by atoms with Crippen LogP contribution in [0.15, 0.2) is 12.1 Å². The van der Waals surface area contributed by atoms with Crippen LogP contribution in [0.1, 0.15) is 55.8 Å². The molecular weight excluding hydrogens is 398 g/mol. The second-order valence-corrected chi connectivity index (χ2v) is 8.13. The minimum absolute atomic E-state index is 0.0598. The fourth-order valence-corrected chi connectivity index (χ4v) is 4.30. The van der Waals surface area contributed by atoms with Crippen LogP contribution in [0.2, 0.25) is 0 Å². The lowest BCUT2D eigenvalue weighted by atomic mass is 9.96. The van der Waals surface area contributed by atoms with E-state index in [0.29, 0.717) is 61.8 Å². The fraction of sp³-hybridized carbons (Fsp3) is 0.609. The highest BCUT2D eigenvalue weighted by Crippen LogP contribution is 2.35. The van der Waals surface area contributed by atoms with Gasteiger partial charge in [0.25, 0.3) is 5.91 Å². The molecule has 1 aromatic carbocycles. The monoisotopic (exact) mass is 431 g/mol. The van der Waals surface area contributed by atoms with Gasteiger partial charge in [-0.25, -0.2) is 0 Å². The first-order valence-electron chi connectivity index (χ1n) is 11.1. The van der Waals surface area contributed by atoms with E-state index in [1.807, 2.05) is 11.8 Å². The lowest BCUT2D eigenvalue weighted by molar-refractivity contribution is -0.134. The van der Waals surface area contributed by atoms with E-state index in [1.54, 1.807) is 17.0 Å². The van der Waals surface area contributed by atoms with Crippen LogP contribution in [0.5, 0.6) is 11.5 Å². The lowest BCUT2D eigenvalue weighted by Gasteiger charge is -2.32. The number of piperidine rings is 2. The number of rotatable bonds is 6. The minimum Gasteiger partial charge on any atom is -0.493 e. The van der Waals surface area contributed by atoms with Crippen LogP contribution in [-0.2, 0) is 9.59 Å². The molecule has 8 nitrogen and oxygen atoms in total. The van der Waals surface area contributed by atoms with E-state index in [2.05, 4.69) is 5.32 Å². The second-order valence-electron chi connectivity index (χ2n) is 8.13. The molecule has 1 unspecified atom stereocenters. The Morgan fingerprint density at radius 1 is 0.968 bits per heavy atom. The Labute approximate surface area is 183 Å². The Hall–Kier alpha value is -2.77. The molecule has 0 aliphatic carbocycles. The standard InChI is InChI=1S/C23H33N3O5/c1-4-21(27)26-12-8-9-16(15-26)22(28)24-18-14-20(31-3)19(30-2)13-17(18)23(29)25-10-6-5-7-11-25/h13-14,16H,4-12,15H2,1-3H3,(H,24,28). The van der Waals surface area contributed by atoms with Crippen molar-refractivity contribution in [3.8, 4) is 11.5 Å². The predicted molar refractivity (Wildman–Crippen MR) is 118 cm³/mol. The van der Waals surface area contributed by atoms with E-state index in [-0.39, 0.29) is 23.6 Å². The number of carbonyl (C=O) groups is 3. The van der Waals surface area contributed by atoms with Gasteiger partial charge in [-0.15, -0.1) is 0 Å². The van der Waals surface area contributed by atoms with Crippen molar-refractivity contribution in [1.82, 2.24) is 9.80 Å². The van der Waals surface area contributed by atoms with Gasteiger partial charge in [0.05, 0.1) is 31.4 Å². The maximum absolute atomic E-state index is 13.3. The molecular formula is C23H33N3O5. The summed E-state index contributed by atoms with van der Waals surface area (Å²) in [6.07, 6.45) is 5.00. The molecule has 8 heteroatoms. The number of benzene rings is 1. The molecule has 1 atom stereocenters. The van der Waals surface area contributed by atoms with Gasteiger partial charge < -0.3 is 24.6 Å². The number of anilines is 1. The lowest BCUT2D eigenvalue weighted by Crippen LogP contribution is -2.43. The summed E-state index contributed by atoms with van der Waals surface area (Å²) in [6.45, 7) is 4.33. The number of amides is 3. The third-order valence-electron chi connectivity index (χ3n) is 6.10. The molecule has 0 bridgehead atoms. The van der Waals surface area contributed by atoms with Crippen LogP contribution in [0, 0.1) is 5.92 Å². The normalized spacial score (nSPS) is 19.0. The second kappa shape index (κ2) is 10.5. The van der Waals surface area contributed by atoms with Crippen LogP contribution in [-0.4, -0.2) is 67.9 Å². The molecule has 1 N–H and O–H groups in total. The summed E-state index contributed by atoms with van der Waals surface area (Å²) in [4.78, 5) is 42.0. The zero-order valence-electron chi connectivity index (χ0n) is 18.7. The number of likely N-dealkylation sites (tertiary alicyclic amines) is 2. The fourth-order valence-electron chi connectivity index (χ4n) is 4.30. The van der Waals surface area contributed by atoms with Crippen molar-refractivity contribution in [2.75, 3.05) is 45.7 Å².